The van der Waals surface area contributed by atoms with Crippen LogP contribution in [0.25, 0.3) is 11.4 Å². The lowest BCUT2D eigenvalue weighted by Crippen LogP contribution is -2.38. The monoisotopic (exact) mass is 546 g/mol. The molecule has 0 aliphatic carbocycles. The van der Waals surface area contributed by atoms with Crippen molar-refractivity contribution >= 4 is 52.9 Å². The summed E-state index contributed by atoms with van der Waals surface area (Å²) < 4.78 is 5.33. The number of nitrogens with zero attached hydrogens (tertiary/aromatic N) is 4. The second-order valence-electron chi connectivity index (χ2n) is 6.14. The fraction of sp³-hybridized carbons (Fsp3) is 0.368. The van der Waals surface area contributed by atoms with Gasteiger partial charge in [-0.2, -0.15) is 4.98 Å². The molecule has 2 N–H and O–H groups in total. The van der Waals surface area contributed by atoms with Gasteiger partial charge in [0.25, 0.3) is 0 Å². The van der Waals surface area contributed by atoms with Gasteiger partial charge in [-0.15, -0.1) is 35.3 Å². The second-order valence-corrected chi connectivity index (χ2v) is 7.86. The average Bonchev–Trinajstić information content (AvgIpc) is 3.27. The van der Waals surface area contributed by atoms with E-state index in [2.05, 4.69) is 37.7 Å². The summed E-state index contributed by atoms with van der Waals surface area (Å²) in [7, 11) is 0. The molecule has 0 fully saturated rings. The molecule has 0 aliphatic rings. The Kier molecular flexibility index (Phi) is 9.31. The van der Waals surface area contributed by atoms with Crippen molar-refractivity contribution in [2.24, 2.45) is 4.99 Å². The van der Waals surface area contributed by atoms with Gasteiger partial charge in [-0.1, -0.05) is 16.8 Å². The van der Waals surface area contributed by atoms with E-state index < -0.39 is 0 Å². The summed E-state index contributed by atoms with van der Waals surface area (Å²) in [6.45, 7) is 8.09. The first-order chi connectivity index (χ1) is 13.5. The number of aryl methyl sites for hydroxylation is 2. The average molecular weight is 547 g/mol. The van der Waals surface area contributed by atoms with Crippen LogP contribution in [0.5, 0.6) is 0 Å². The summed E-state index contributed by atoms with van der Waals surface area (Å²) in [5.41, 5.74) is 1.94. The van der Waals surface area contributed by atoms with E-state index in [9.17, 15) is 0 Å². The highest BCUT2D eigenvalue weighted by atomic mass is 127. The lowest BCUT2D eigenvalue weighted by atomic mass is 10.2. The summed E-state index contributed by atoms with van der Waals surface area (Å²) in [5, 5.41) is 12.2. The molecule has 0 unspecified atom stereocenters. The fourth-order valence-electron chi connectivity index (χ4n) is 2.46. The lowest BCUT2D eigenvalue weighted by Gasteiger charge is -2.09. The number of thiazole rings is 1. The Hall–Kier alpha value is -1.72. The van der Waals surface area contributed by atoms with Crippen LogP contribution in [0.3, 0.4) is 0 Å². The van der Waals surface area contributed by atoms with Crippen LogP contribution in [-0.2, 0) is 13.0 Å². The van der Waals surface area contributed by atoms with Crippen molar-refractivity contribution in [1.29, 1.82) is 0 Å². The van der Waals surface area contributed by atoms with E-state index in [1.165, 1.54) is 4.88 Å². The van der Waals surface area contributed by atoms with Crippen molar-refractivity contribution in [3.05, 3.63) is 50.8 Å². The molecule has 29 heavy (non-hydrogen) atoms. The van der Waals surface area contributed by atoms with Crippen LogP contribution in [-0.4, -0.2) is 34.2 Å². The molecule has 0 aliphatic heterocycles. The van der Waals surface area contributed by atoms with Crippen molar-refractivity contribution in [3.8, 4) is 11.4 Å². The largest absolute Gasteiger partial charge is 0.357 e. The minimum Gasteiger partial charge on any atom is -0.357 e. The molecule has 10 heteroatoms. The SMILES string of the molecule is CCNC(=NCc1nc(C)c(C)s1)NCCc1nc(-c2ccc(Cl)cc2)no1.I. The number of rotatable bonds is 7. The van der Waals surface area contributed by atoms with Crippen molar-refractivity contribution < 1.29 is 4.52 Å². The van der Waals surface area contributed by atoms with Gasteiger partial charge in [0.15, 0.2) is 5.96 Å². The van der Waals surface area contributed by atoms with Crippen LogP contribution in [0, 0.1) is 13.8 Å². The summed E-state index contributed by atoms with van der Waals surface area (Å²) in [6.07, 6.45) is 0.598. The quantitative estimate of drug-likeness (QED) is 0.260. The molecular weight excluding hydrogens is 523 g/mol. The number of nitrogens with one attached hydrogen (secondary N) is 2. The van der Waals surface area contributed by atoms with E-state index in [1.807, 2.05) is 26.0 Å². The predicted molar refractivity (Wildman–Crippen MR) is 128 cm³/mol. The third-order valence-corrected chi connectivity index (χ3v) is 5.30. The number of halogens is 2. The minimum atomic E-state index is 0. The Morgan fingerprint density at radius 2 is 1.93 bits per heavy atom. The molecule has 1 aromatic carbocycles. The van der Waals surface area contributed by atoms with Crippen LogP contribution >= 0.6 is 46.9 Å². The molecule has 0 amide bonds. The normalized spacial score (nSPS) is 11.2. The topological polar surface area (TPSA) is 88.2 Å². The van der Waals surface area contributed by atoms with Gasteiger partial charge >= 0.3 is 0 Å². The van der Waals surface area contributed by atoms with Crippen molar-refractivity contribution in [2.45, 2.75) is 33.7 Å². The Balaban J connectivity index is 0.00000300. The summed E-state index contributed by atoms with van der Waals surface area (Å²) in [4.78, 5) is 14.8. The molecule has 0 atom stereocenters. The van der Waals surface area contributed by atoms with E-state index in [-0.39, 0.29) is 24.0 Å². The molecule has 2 aromatic heterocycles. The van der Waals surface area contributed by atoms with Crippen LogP contribution in [0.15, 0.2) is 33.8 Å². The molecule has 2 heterocycles. The van der Waals surface area contributed by atoms with Gasteiger partial charge in [0.2, 0.25) is 11.7 Å². The van der Waals surface area contributed by atoms with Crippen LogP contribution in [0.1, 0.15) is 28.4 Å². The van der Waals surface area contributed by atoms with Gasteiger partial charge in [-0.05, 0) is 45.0 Å². The number of guanidine groups is 1. The standard InChI is InChI=1S/C19H23ClN6OS.HI/c1-4-21-19(23-11-17-24-12(2)13(3)28-17)22-10-9-16-25-18(26-27-16)14-5-7-15(20)8-6-14;/h5-8H,4,9-11H2,1-3H3,(H2,21,22,23);1H. The maximum absolute atomic E-state index is 5.91. The molecule has 3 aromatic rings. The Bertz CT molecular complexity index is 921. The number of aromatic nitrogens is 3. The fourth-order valence-corrected chi connectivity index (χ4v) is 3.44. The van der Waals surface area contributed by atoms with E-state index in [0.717, 1.165) is 28.8 Å². The van der Waals surface area contributed by atoms with Gasteiger partial charge in [0.1, 0.15) is 5.01 Å². The molecule has 0 saturated heterocycles. The van der Waals surface area contributed by atoms with Crippen LogP contribution in [0.2, 0.25) is 5.02 Å². The summed E-state index contributed by atoms with van der Waals surface area (Å²) >= 11 is 7.59. The van der Waals surface area contributed by atoms with E-state index in [0.29, 0.717) is 36.2 Å². The molecular formula is C19H24ClIN6OS. The molecule has 7 nitrogen and oxygen atoms in total. The summed E-state index contributed by atoms with van der Waals surface area (Å²) in [6, 6.07) is 7.35. The zero-order valence-electron chi connectivity index (χ0n) is 16.5. The molecule has 0 radical (unpaired) electrons. The Morgan fingerprint density at radius 3 is 2.59 bits per heavy atom. The summed E-state index contributed by atoms with van der Waals surface area (Å²) in [5.74, 6) is 1.87. The molecule has 0 saturated carbocycles. The highest BCUT2D eigenvalue weighted by Gasteiger charge is 2.09. The second kappa shape index (κ2) is 11.5. The molecule has 3 rings (SSSR count). The highest BCUT2D eigenvalue weighted by Crippen LogP contribution is 2.19. The van der Waals surface area contributed by atoms with Crippen LogP contribution < -0.4 is 10.6 Å². The van der Waals surface area contributed by atoms with Gasteiger partial charge in [0, 0.05) is 35.0 Å². The Labute approximate surface area is 196 Å². The first kappa shape index (κ1) is 23.6. The molecule has 156 valence electrons. The van der Waals surface area contributed by atoms with Gasteiger partial charge in [0.05, 0.1) is 12.2 Å². The third-order valence-electron chi connectivity index (χ3n) is 3.99. The van der Waals surface area contributed by atoms with E-state index >= 15 is 0 Å². The number of hydrogen-bond donors (Lipinski definition) is 2. The van der Waals surface area contributed by atoms with Crippen molar-refractivity contribution in [2.75, 3.05) is 13.1 Å². The smallest absolute Gasteiger partial charge is 0.228 e. The minimum absolute atomic E-state index is 0. The van der Waals surface area contributed by atoms with Gasteiger partial charge < -0.3 is 15.2 Å². The predicted octanol–water partition coefficient (Wildman–Crippen LogP) is 4.38. The van der Waals surface area contributed by atoms with Crippen molar-refractivity contribution in [3.63, 3.8) is 0 Å². The number of benzene rings is 1. The van der Waals surface area contributed by atoms with Crippen molar-refractivity contribution in [1.82, 2.24) is 25.8 Å². The zero-order valence-corrected chi connectivity index (χ0v) is 20.4. The first-order valence-electron chi connectivity index (χ1n) is 9.08. The number of hydrogen-bond acceptors (Lipinski definition) is 6. The third kappa shape index (κ3) is 6.93. The van der Waals surface area contributed by atoms with Gasteiger partial charge in [-0.25, -0.2) is 9.98 Å². The molecule has 0 spiro atoms. The lowest BCUT2D eigenvalue weighted by molar-refractivity contribution is 0.378. The zero-order chi connectivity index (χ0) is 19.9. The van der Waals surface area contributed by atoms with E-state index in [1.54, 1.807) is 23.5 Å². The first-order valence-corrected chi connectivity index (χ1v) is 10.3. The Morgan fingerprint density at radius 1 is 1.17 bits per heavy atom. The number of aliphatic imine (C=N–C) groups is 1. The van der Waals surface area contributed by atoms with E-state index in [4.69, 9.17) is 16.1 Å². The maximum Gasteiger partial charge on any atom is 0.228 e. The van der Waals surface area contributed by atoms with Crippen LogP contribution in [0.4, 0.5) is 0 Å². The van der Waals surface area contributed by atoms with Gasteiger partial charge in [-0.3, -0.25) is 0 Å². The maximum atomic E-state index is 5.91. The molecule has 0 bridgehead atoms. The highest BCUT2D eigenvalue weighted by molar-refractivity contribution is 14.0.